The summed E-state index contributed by atoms with van der Waals surface area (Å²) in [5.74, 6) is 1.59. The third-order valence-electron chi connectivity index (χ3n) is 4.48. The Balaban J connectivity index is 1.55. The van der Waals surface area contributed by atoms with Crippen LogP contribution in [0.25, 0.3) is 27.7 Å². The fourth-order valence-corrected chi connectivity index (χ4v) is 3.19. The molecule has 5 heteroatoms. The highest BCUT2D eigenvalue weighted by atomic mass is 16.3. The molecular formula is C21H16N4O. The van der Waals surface area contributed by atoms with Crippen molar-refractivity contribution in [2.45, 2.75) is 6.54 Å². The normalized spacial score (nSPS) is 11.2. The molecule has 0 saturated carbocycles. The first kappa shape index (κ1) is 14.7. The quantitative estimate of drug-likeness (QED) is 0.513. The van der Waals surface area contributed by atoms with Gasteiger partial charge in [0.05, 0.1) is 24.7 Å². The topological polar surface area (TPSA) is 55.4 Å². The molecule has 0 atom stereocenters. The van der Waals surface area contributed by atoms with Crippen LogP contribution in [0.2, 0.25) is 0 Å². The smallest absolute Gasteiger partial charge is 0.180 e. The maximum absolute atomic E-state index is 5.37. The molecule has 0 amide bonds. The lowest BCUT2D eigenvalue weighted by atomic mass is 10.1. The predicted octanol–water partition coefficient (Wildman–Crippen LogP) is 4.75. The van der Waals surface area contributed by atoms with Gasteiger partial charge in [0.25, 0.3) is 0 Å². The van der Waals surface area contributed by atoms with Crippen LogP contribution in [0.4, 0.5) is 5.82 Å². The van der Waals surface area contributed by atoms with E-state index in [9.17, 15) is 0 Å². The van der Waals surface area contributed by atoms with Crippen LogP contribution in [0.1, 0.15) is 5.76 Å². The number of rotatable bonds is 4. The van der Waals surface area contributed by atoms with Crippen LogP contribution in [-0.2, 0) is 6.54 Å². The molecule has 5 nitrogen and oxygen atoms in total. The molecule has 5 aromatic rings. The van der Waals surface area contributed by atoms with Crippen LogP contribution < -0.4 is 5.32 Å². The summed E-state index contributed by atoms with van der Waals surface area (Å²) < 4.78 is 7.42. The van der Waals surface area contributed by atoms with E-state index >= 15 is 0 Å². The van der Waals surface area contributed by atoms with Gasteiger partial charge in [-0.15, -0.1) is 0 Å². The Morgan fingerprint density at radius 2 is 1.88 bits per heavy atom. The van der Waals surface area contributed by atoms with Gasteiger partial charge in [-0.2, -0.15) is 0 Å². The average molecular weight is 340 g/mol. The van der Waals surface area contributed by atoms with Crippen LogP contribution in [0.15, 0.2) is 83.9 Å². The molecule has 0 fully saturated rings. The average Bonchev–Trinajstić information content (AvgIpc) is 3.36. The summed E-state index contributed by atoms with van der Waals surface area (Å²) >= 11 is 0. The van der Waals surface area contributed by atoms with Crippen molar-refractivity contribution in [3.8, 4) is 11.3 Å². The molecule has 1 N–H and O–H groups in total. The van der Waals surface area contributed by atoms with Gasteiger partial charge < -0.3 is 9.73 Å². The molecule has 2 aromatic carbocycles. The van der Waals surface area contributed by atoms with Gasteiger partial charge in [-0.3, -0.25) is 4.40 Å². The van der Waals surface area contributed by atoms with Crippen molar-refractivity contribution in [3.63, 3.8) is 0 Å². The fraction of sp³-hybridized carbons (Fsp3) is 0.0476. The Morgan fingerprint density at radius 1 is 0.962 bits per heavy atom. The molecular weight excluding hydrogens is 324 g/mol. The van der Waals surface area contributed by atoms with E-state index in [1.54, 1.807) is 12.5 Å². The van der Waals surface area contributed by atoms with E-state index in [4.69, 9.17) is 4.42 Å². The zero-order valence-corrected chi connectivity index (χ0v) is 14.0. The summed E-state index contributed by atoms with van der Waals surface area (Å²) in [6.45, 7) is 0.567. The van der Waals surface area contributed by atoms with E-state index in [0.29, 0.717) is 6.54 Å². The lowest BCUT2D eigenvalue weighted by Crippen LogP contribution is -2.03. The van der Waals surface area contributed by atoms with E-state index in [-0.39, 0.29) is 0 Å². The van der Waals surface area contributed by atoms with Crippen molar-refractivity contribution in [2.75, 3.05) is 5.32 Å². The highest BCUT2D eigenvalue weighted by Gasteiger charge is 2.11. The lowest BCUT2D eigenvalue weighted by Gasteiger charge is -2.07. The molecule has 5 rings (SSSR count). The molecule has 0 unspecified atom stereocenters. The van der Waals surface area contributed by atoms with Gasteiger partial charge in [0, 0.05) is 18.0 Å². The predicted molar refractivity (Wildman–Crippen MR) is 102 cm³/mol. The van der Waals surface area contributed by atoms with Crippen molar-refractivity contribution in [3.05, 3.63) is 85.2 Å². The number of nitrogens with zero attached hydrogens (tertiary/aromatic N) is 3. The fourth-order valence-electron chi connectivity index (χ4n) is 3.19. The largest absolute Gasteiger partial charge is 0.467 e. The minimum absolute atomic E-state index is 0.567. The Morgan fingerprint density at radius 3 is 2.77 bits per heavy atom. The van der Waals surface area contributed by atoms with Crippen LogP contribution in [0.5, 0.6) is 0 Å². The van der Waals surface area contributed by atoms with Crippen LogP contribution in [-0.4, -0.2) is 14.4 Å². The monoisotopic (exact) mass is 340 g/mol. The Kier molecular flexibility index (Phi) is 3.42. The SMILES string of the molecule is c1coc(CNc2nccn3c(-c4ccc5ccccc5c4)cnc23)c1. The third kappa shape index (κ3) is 2.50. The molecule has 0 saturated heterocycles. The summed E-state index contributed by atoms with van der Waals surface area (Å²) in [5, 5.41) is 5.74. The number of hydrogen-bond donors (Lipinski definition) is 1. The highest BCUT2D eigenvalue weighted by molar-refractivity contribution is 5.87. The minimum atomic E-state index is 0.567. The molecule has 0 aliphatic rings. The third-order valence-corrected chi connectivity index (χ3v) is 4.48. The van der Waals surface area contributed by atoms with E-state index in [1.165, 1.54) is 10.8 Å². The second kappa shape index (κ2) is 6.04. The second-order valence-corrected chi connectivity index (χ2v) is 6.11. The molecule has 0 radical (unpaired) electrons. The number of benzene rings is 2. The van der Waals surface area contributed by atoms with Crippen LogP contribution in [0, 0.1) is 0 Å². The maximum Gasteiger partial charge on any atom is 0.180 e. The maximum atomic E-state index is 5.37. The molecule has 3 heterocycles. The molecule has 0 bridgehead atoms. The van der Waals surface area contributed by atoms with Gasteiger partial charge in [-0.25, -0.2) is 9.97 Å². The van der Waals surface area contributed by atoms with Gasteiger partial charge >= 0.3 is 0 Å². The van der Waals surface area contributed by atoms with Gasteiger partial charge in [-0.05, 0) is 29.0 Å². The van der Waals surface area contributed by atoms with Crippen molar-refractivity contribution in [1.82, 2.24) is 14.4 Å². The highest BCUT2D eigenvalue weighted by Crippen LogP contribution is 2.26. The second-order valence-electron chi connectivity index (χ2n) is 6.11. The number of furan rings is 1. The standard InChI is InChI=1S/C21H16N4O/c1-2-5-16-12-17(8-7-15(16)4-1)19-14-24-21-20(22-9-10-25(19)21)23-13-18-6-3-11-26-18/h1-12,14H,13H2,(H,22,23). The zero-order chi connectivity index (χ0) is 17.3. The zero-order valence-electron chi connectivity index (χ0n) is 14.0. The summed E-state index contributed by atoms with van der Waals surface area (Å²) in [7, 11) is 0. The number of imidazole rings is 1. The summed E-state index contributed by atoms with van der Waals surface area (Å²) in [4.78, 5) is 9.01. The van der Waals surface area contributed by atoms with E-state index in [1.807, 2.05) is 24.5 Å². The molecule has 0 aliphatic heterocycles. The first-order valence-electron chi connectivity index (χ1n) is 8.46. The summed E-state index contributed by atoms with van der Waals surface area (Å²) in [6.07, 6.45) is 7.27. The Bertz CT molecular complexity index is 1190. The van der Waals surface area contributed by atoms with Gasteiger partial charge in [0.2, 0.25) is 0 Å². The number of hydrogen-bond acceptors (Lipinski definition) is 4. The molecule has 26 heavy (non-hydrogen) atoms. The van der Waals surface area contributed by atoms with Crippen molar-refractivity contribution in [1.29, 1.82) is 0 Å². The number of aromatic nitrogens is 3. The molecule has 126 valence electrons. The first-order chi connectivity index (χ1) is 12.9. The number of nitrogens with one attached hydrogen (secondary N) is 1. The van der Waals surface area contributed by atoms with Gasteiger partial charge in [0.15, 0.2) is 11.5 Å². The molecule has 3 aromatic heterocycles. The molecule has 0 aliphatic carbocycles. The van der Waals surface area contributed by atoms with Crippen molar-refractivity contribution in [2.24, 2.45) is 0 Å². The summed E-state index contributed by atoms with van der Waals surface area (Å²) in [5.41, 5.74) is 2.95. The number of anilines is 1. The van der Waals surface area contributed by atoms with Gasteiger partial charge in [0.1, 0.15) is 5.76 Å². The van der Waals surface area contributed by atoms with Crippen LogP contribution >= 0.6 is 0 Å². The van der Waals surface area contributed by atoms with Crippen LogP contribution in [0.3, 0.4) is 0 Å². The van der Waals surface area contributed by atoms with Gasteiger partial charge in [-0.1, -0.05) is 36.4 Å². The first-order valence-corrected chi connectivity index (χ1v) is 8.46. The van der Waals surface area contributed by atoms with Crippen molar-refractivity contribution >= 4 is 22.2 Å². The Labute approximate surface area is 149 Å². The van der Waals surface area contributed by atoms with E-state index in [2.05, 4.69) is 62.2 Å². The minimum Gasteiger partial charge on any atom is -0.467 e. The summed E-state index contributed by atoms with van der Waals surface area (Å²) in [6, 6.07) is 18.6. The van der Waals surface area contributed by atoms with E-state index < -0.39 is 0 Å². The molecule has 0 spiro atoms. The van der Waals surface area contributed by atoms with E-state index in [0.717, 1.165) is 28.5 Å². The van der Waals surface area contributed by atoms with Crippen molar-refractivity contribution < 1.29 is 4.42 Å². The Hall–Kier alpha value is -3.60. The number of fused-ring (bicyclic) bond motifs is 2. The lowest BCUT2D eigenvalue weighted by molar-refractivity contribution is 0.518.